The molecule has 10 nitrogen and oxygen atoms in total. The predicted molar refractivity (Wildman–Crippen MR) is 101 cm³/mol. The summed E-state index contributed by atoms with van der Waals surface area (Å²) < 4.78 is 0. The van der Waals surface area contributed by atoms with Crippen molar-refractivity contribution in [3.05, 3.63) is 0 Å². The van der Waals surface area contributed by atoms with Crippen molar-refractivity contribution in [2.75, 3.05) is 58.9 Å². The van der Waals surface area contributed by atoms with Crippen LogP contribution in [0.3, 0.4) is 0 Å². The number of nitrogens with one attached hydrogen (secondary N) is 3. The highest BCUT2D eigenvalue weighted by atomic mass is 16.2. The molecule has 0 spiro atoms. The second-order valence-electron chi connectivity index (χ2n) is 5.86. The van der Waals surface area contributed by atoms with Gasteiger partial charge in [0.1, 0.15) is 0 Å². The molecule has 0 aromatic carbocycles. The first-order valence-electron chi connectivity index (χ1n) is 9.16. The molecule has 0 radical (unpaired) electrons. The van der Waals surface area contributed by atoms with Crippen molar-refractivity contribution >= 4 is 17.7 Å². The van der Waals surface area contributed by atoms with Gasteiger partial charge in [-0.05, 0) is 13.0 Å². The number of rotatable bonds is 16. The summed E-state index contributed by atoms with van der Waals surface area (Å²) in [6.07, 6.45) is 1.62. The predicted octanol–water partition coefficient (Wildman–Crippen LogP) is -2.93. The fourth-order valence-corrected chi connectivity index (χ4v) is 2.13. The van der Waals surface area contributed by atoms with Gasteiger partial charge in [-0.25, -0.2) is 0 Å². The van der Waals surface area contributed by atoms with Crippen LogP contribution in [0.15, 0.2) is 0 Å². The van der Waals surface area contributed by atoms with E-state index in [9.17, 15) is 14.4 Å². The molecule has 0 aromatic heterocycles. The zero-order valence-electron chi connectivity index (χ0n) is 15.6. The van der Waals surface area contributed by atoms with Gasteiger partial charge < -0.3 is 38.1 Å². The fraction of sp³-hybridized carbons (Fsp3) is 0.812. The highest BCUT2D eigenvalue weighted by Crippen LogP contribution is 1.98. The number of amides is 3. The zero-order valence-corrected chi connectivity index (χ0v) is 15.6. The number of nitrogens with two attached hydrogens (primary N) is 3. The van der Waals surface area contributed by atoms with Crippen LogP contribution in [0, 0.1) is 0 Å². The van der Waals surface area contributed by atoms with E-state index < -0.39 is 0 Å². The molecule has 0 saturated carbocycles. The lowest BCUT2D eigenvalue weighted by Gasteiger charge is -2.21. The molecule has 9 N–H and O–H groups in total. The topological polar surface area (TPSA) is 169 Å². The first kappa shape index (κ1) is 24.2. The molecule has 0 fully saturated rings. The van der Waals surface area contributed by atoms with E-state index in [0.717, 1.165) is 6.42 Å². The van der Waals surface area contributed by atoms with Crippen LogP contribution in [0.2, 0.25) is 0 Å². The molecule has 0 aliphatic carbocycles. The lowest BCUT2D eigenvalue weighted by Crippen LogP contribution is -2.38. The molecule has 0 aliphatic rings. The van der Waals surface area contributed by atoms with Gasteiger partial charge >= 0.3 is 0 Å². The van der Waals surface area contributed by atoms with Crippen LogP contribution >= 0.6 is 0 Å². The van der Waals surface area contributed by atoms with Crippen LogP contribution in [0.5, 0.6) is 0 Å². The zero-order chi connectivity index (χ0) is 19.6. The summed E-state index contributed by atoms with van der Waals surface area (Å²) in [5.41, 5.74) is 16.1. The average molecular weight is 374 g/mol. The maximum absolute atomic E-state index is 11.8. The van der Waals surface area contributed by atoms with Crippen LogP contribution in [0.4, 0.5) is 0 Å². The number of hydrogen-bond donors (Lipinski definition) is 6. The van der Waals surface area contributed by atoms with Crippen LogP contribution < -0.4 is 33.2 Å². The third kappa shape index (κ3) is 14.6. The molecule has 0 rings (SSSR count). The van der Waals surface area contributed by atoms with Crippen molar-refractivity contribution in [3.63, 3.8) is 0 Å². The molecule has 152 valence electrons. The molecule has 0 saturated heterocycles. The van der Waals surface area contributed by atoms with E-state index in [2.05, 4.69) is 16.0 Å². The van der Waals surface area contributed by atoms with E-state index in [4.69, 9.17) is 17.2 Å². The van der Waals surface area contributed by atoms with Gasteiger partial charge in [0.15, 0.2) is 0 Å². The van der Waals surface area contributed by atoms with E-state index in [0.29, 0.717) is 78.2 Å². The van der Waals surface area contributed by atoms with Crippen molar-refractivity contribution in [1.29, 1.82) is 0 Å². The lowest BCUT2D eigenvalue weighted by atomic mass is 10.2. The van der Waals surface area contributed by atoms with Gasteiger partial charge in [-0.1, -0.05) is 0 Å². The molecule has 26 heavy (non-hydrogen) atoms. The van der Waals surface area contributed by atoms with Crippen molar-refractivity contribution in [1.82, 2.24) is 20.9 Å². The molecule has 0 atom stereocenters. The van der Waals surface area contributed by atoms with E-state index in [1.54, 1.807) is 0 Å². The van der Waals surface area contributed by atoms with Gasteiger partial charge in [0.25, 0.3) is 0 Å². The second-order valence-corrected chi connectivity index (χ2v) is 5.86. The molecule has 0 bridgehead atoms. The van der Waals surface area contributed by atoms with Gasteiger partial charge in [-0.3, -0.25) is 14.4 Å². The molecule has 0 unspecified atom stereocenters. The fourth-order valence-electron chi connectivity index (χ4n) is 2.13. The van der Waals surface area contributed by atoms with Crippen LogP contribution in [0.25, 0.3) is 0 Å². The second kappa shape index (κ2) is 16.7. The highest BCUT2D eigenvalue weighted by Gasteiger charge is 2.12. The number of nitrogens with zero attached hydrogens (tertiary/aromatic N) is 1. The Morgan fingerprint density at radius 3 is 1.35 bits per heavy atom. The quantitative estimate of drug-likeness (QED) is 0.157. The van der Waals surface area contributed by atoms with Crippen molar-refractivity contribution in [3.8, 4) is 0 Å². The van der Waals surface area contributed by atoms with Crippen molar-refractivity contribution in [2.24, 2.45) is 17.2 Å². The number of carbonyl (C=O) groups is 3. The molecular weight excluding hydrogens is 338 g/mol. The first-order valence-corrected chi connectivity index (χ1v) is 9.16. The maximum atomic E-state index is 11.8. The summed E-state index contributed by atoms with van der Waals surface area (Å²) in [4.78, 5) is 37.2. The summed E-state index contributed by atoms with van der Waals surface area (Å²) in [6, 6.07) is 0. The van der Waals surface area contributed by atoms with E-state index >= 15 is 0 Å². The highest BCUT2D eigenvalue weighted by molar-refractivity contribution is 5.77. The molecule has 0 aromatic rings. The van der Waals surface area contributed by atoms with E-state index in [1.807, 2.05) is 4.90 Å². The van der Waals surface area contributed by atoms with E-state index in [-0.39, 0.29) is 17.7 Å². The van der Waals surface area contributed by atoms with Crippen molar-refractivity contribution in [2.45, 2.75) is 25.7 Å². The minimum absolute atomic E-state index is 0.0661. The Bertz CT molecular complexity index is 383. The third-order valence-corrected chi connectivity index (χ3v) is 3.60. The van der Waals surface area contributed by atoms with Crippen molar-refractivity contribution < 1.29 is 14.4 Å². The molecule has 3 amide bonds. The Balaban J connectivity index is 4.31. The third-order valence-electron chi connectivity index (χ3n) is 3.60. The van der Waals surface area contributed by atoms with Crippen LogP contribution in [0.1, 0.15) is 25.7 Å². The molecule has 0 heterocycles. The summed E-state index contributed by atoms with van der Waals surface area (Å²) in [5.74, 6) is -0.260. The number of carbonyl (C=O) groups excluding carboxylic acids is 3. The Morgan fingerprint density at radius 2 is 1.00 bits per heavy atom. The molecule has 10 heteroatoms. The van der Waals surface area contributed by atoms with Gasteiger partial charge in [-0.15, -0.1) is 0 Å². The van der Waals surface area contributed by atoms with E-state index in [1.165, 1.54) is 0 Å². The first-order chi connectivity index (χ1) is 12.5. The van der Waals surface area contributed by atoms with Gasteiger partial charge in [0, 0.05) is 71.6 Å². The smallest absolute Gasteiger partial charge is 0.221 e. The Hall–Kier alpha value is -1.75. The standard InChI is InChI=1S/C16H35N7O3/c17-5-1-8-20-14(24)2-11-23(12-3-15(25)21-9-6-18)13-4-16(26)22-10-7-19/h1-13,17-19H2,(H,20,24)(H,21,25)(H,22,26). The minimum Gasteiger partial charge on any atom is -0.356 e. The SMILES string of the molecule is NCCCNC(=O)CCN(CCC(=O)NCCN)CCC(=O)NCCN. The van der Waals surface area contributed by atoms with Gasteiger partial charge in [-0.2, -0.15) is 0 Å². The van der Waals surface area contributed by atoms with Crippen LogP contribution in [-0.4, -0.2) is 81.5 Å². The maximum Gasteiger partial charge on any atom is 0.221 e. The van der Waals surface area contributed by atoms with Gasteiger partial charge in [0.05, 0.1) is 0 Å². The normalized spacial score (nSPS) is 10.6. The largest absolute Gasteiger partial charge is 0.356 e. The van der Waals surface area contributed by atoms with Gasteiger partial charge in [0.2, 0.25) is 17.7 Å². The Kier molecular flexibility index (Phi) is 15.6. The summed E-state index contributed by atoms with van der Waals surface area (Å²) in [7, 11) is 0. The monoisotopic (exact) mass is 373 g/mol. The summed E-state index contributed by atoms with van der Waals surface area (Å²) >= 11 is 0. The summed E-state index contributed by atoms with van der Waals surface area (Å²) in [5, 5.41) is 8.20. The van der Waals surface area contributed by atoms with Crippen LogP contribution in [-0.2, 0) is 14.4 Å². The molecular formula is C16H35N7O3. The lowest BCUT2D eigenvalue weighted by molar-refractivity contribution is -0.121. The average Bonchev–Trinajstić information content (AvgIpc) is 2.64. The number of hydrogen-bond acceptors (Lipinski definition) is 7. The minimum atomic E-state index is -0.0968. The Morgan fingerprint density at radius 1 is 0.615 bits per heavy atom. The molecule has 0 aliphatic heterocycles. The Labute approximate surface area is 155 Å². The summed E-state index contributed by atoms with van der Waals surface area (Å²) in [6.45, 7) is 4.14.